The van der Waals surface area contributed by atoms with Crippen molar-refractivity contribution in [2.45, 2.75) is 18.8 Å². The van der Waals surface area contributed by atoms with Gasteiger partial charge in [0.15, 0.2) is 0 Å². The molecule has 134 valence electrons. The van der Waals surface area contributed by atoms with Crippen molar-refractivity contribution in [2.24, 2.45) is 0 Å². The van der Waals surface area contributed by atoms with Crippen LogP contribution in [0.2, 0.25) is 5.02 Å². The third-order valence-corrected chi connectivity index (χ3v) is 5.65. The van der Waals surface area contributed by atoms with Crippen LogP contribution in [0.5, 0.6) is 0 Å². The highest BCUT2D eigenvalue weighted by Crippen LogP contribution is 2.52. The summed E-state index contributed by atoms with van der Waals surface area (Å²) in [6.07, 6.45) is 1.64. The molecule has 0 saturated heterocycles. The molecule has 0 radical (unpaired) electrons. The zero-order valence-electron chi connectivity index (χ0n) is 14.4. The van der Waals surface area contributed by atoms with Crippen molar-refractivity contribution in [2.75, 3.05) is 10.6 Å². The normalized spacial score (nSPS) is 20.2. The van der Waals surface area contributed by atoms with Gasteiger partial charge in [-0.3, -0.25) is 9.59 Å². The summed E-state index contributed by atoms with van der Waals surface area (Å²) in [5.41, 5.74) is 2.59. The smallest absolute Gasteiger partial charge is 0.240 e. The molecule has 2 amide bonds. The number of amides is 2. The number of rotatable bonds is 1. The number of nitrogens with zero attached hydrogens (tertiary/aromatic N) is 2. The van der Waals surface area contributed by atoms with Crippen LogP contribution in [0, 0.1) is 6.92 Å². The van der Waals surface area contributed by atoms with Gasteiger partial charge in [-0.2, -0.15) is 5.10 Å². The van der Waals surface area contributed by atoms with E-state index >= 15 is 0 Å². The summed E-state index contributed by atoms with van der Waals surface area (Å²) in [5.74, 6) is -0.00439. The molecule has 5 rings (SSSR count). The van der Waals surface area contributed by atoms with Gasteiger partial charge >= 0.3 is 0 Å². The number of hydrogen-bond donors (Lipinski definition) is 2. The zero-order chi connectivity index (χ0) is 18.8. The summed E-state index contributed by atoms with van der Waals surface area (Å²) in [5, 5.41) is 10.7. The molecule has 3 aromatic rings. The Kier molecular flexibility index (Phi) is 3.24. The van der Waals surface area contributed by atoms with Crippen LogP contribution in [0.3, 0.4) is 0 Å². The number of nitrogens with one attached hydrogen (secondary N) is 2. The van der Waals surface area contributed by atoms with Gasteiger partial charge in [0.2, 0.25) is 11.8 Å². The molecule has 0 aliphatic carbocycles. The Balaban J connectivity index is 1.81. The minimum absolute atomic E-state index is 0.0119. The second kappa shape index (κ2) is 5.44. The van der Waals surface area contributed by atoms with E-state index in [0.717, 1.165) is 11.3 Å². The summed E-state index contributed by atoms with van der Waals surface area (Å²) in [7, 11) is 0. The van der Waals surface area contributed by atoms with E-state index in [-0.39, 0.29) is 18.2 Å². The molecule has 0 fully saturated rings. The van der Waals surface area contributed by atoms with Crippen LogP contribution in [0.1, 0.15) is 23.1 Å². The number of anilines is 2. The van der Waals surface area contributed by atoms with E-state index in [1.807, 2.05) is 31.2 Å². The first-order valence-corrected chi connectivity index (χ1v) is 8.95. The topological polar surface area (TPSA) is 76.0 Å². The van der Waals surface area contributed by atoms with Gasteiger partial charge in [-0.05, 0) is 30.7 Å². The molecule has 2 aliphatic rings. The monoisotopic (exact) mass is 378 g/mol. The fourth-order valence-electron chi connectivity index (χ4n) is 4.11. The molecular weight excluding hydrogens is 364 g/mol. The van der Waals surface area contributed by atoms with Gasteiger partial charge < -0.3 is 10.6 Å². The number of carbonyl (C=O) groups is 2. The fraction of sp³-hybridized carbons (Fsp3) is 0.150. The Hall–Kier alpha value is -3.12. The lowest BCUT2D eigenvalue weighted by Gasteiger charge is -2.32. The molecule has 7 heteroatoms. The minimum atomic E-state index is -1.17. The molecule has 3 heterocycles. The summed E-state index contributed by atoms with van der Waals surface area (Å²) in [6.45, 7) is 1.97. The van der Waals surface area contributed by atoms with E-state index in [4.69, 9.17) is 11.6 Å². The van der Waals surface area contributed by atoms with Crippen LogP contribution in [0.25, 0.3) is 5.69 Å². The molecular formula is C20H15ClN4O2. The number of carbonyl (C=O) groups excluding carboxylic acids is 2. The van der Waals surface area contributed by atoms with Gasteiger partial charge in [0.05, 0.1) is 11.9 Å². The van der Waals surface area contributed by atoms with Crippen LogP contribution in [0.15, 0.2) is 48.7 Å². The van der Waals surface area contributed by atoms with Gasteiger partial charge in [-0.25, -0.2) is 4.68 Å². The van der Waals surface area contributed by atoms with Gasteiger partial charge in [-0.1, -0.05) is 35.9 Å². The van der Waals surface area contributed by atoms with Gasteiger partial charge in [0.1, 0.15) is 11.2 Å². The first-order chi connectivity index (χ1) is 13.0. The third kappa shape index (κ3) is 2.04. The van der Waals surface area contributed by atoms with Crippen molar-refractivity contribution >= 4 is 34.9 Å². The standard InChI is InChI=1S/C20H15ClN4O2/c1-11-5-2-3-8-15(11)25-18-12(10-22-25)20(9-16(26)24-18)17-13(21)6-4-7-14(17)23-19(20)27/h2-8,10H,9H2,1H3,(H,23,27)(H,24,26)/t20-/m0/s1. The molecule has 1 aromatic heterocycles. The van der Waals surface area contributed by atoms with Crippen molar-refractivity contribution in [3.8, 4) is 5.69 Å². The maximum absolute atomic E-state index is 13.1. The summed E-state index contributed by atoms with van der Waals surface area (Å²) >= 11 is 6.47. The van der Waals surface area contributed by atoms with E-state index in [9.17, 15) is 9.59 Å². The Morgan fingerprint density at radius 1 is 1.11 bits per heavy atom. The lowest BCUT2D eigenvalue weighted by atomic mass is 9.72. The Morgan fingerprint density at radius 2 is 1.93 bits per heavy atom. The summed E-state index contributed by atoms with van der Waals surface area (Å²) < 4.78 is 1.67. The number of benzene rings is 2. The van der Waals surface area contributed by atoms with E-state index in [0.29, 0.717) is 27.7 Å². The second-order valence-corrected chi connectivity index (χ2v) is 7.26. The van der Waals surface area contributed by atoms with Crippen molar-refractivity contribution in [1.82, 2.24) is 9.78 Å². The number of aryl methyl sites for hydroxylation is 1. The van der Waals surface area contributed by atoms with Gasteiger partial charge in [0, 0.05) is 28.3 Å². The van der Waals surface area contributed by atoms with Crippen molar-refractivity contribution in [3.05, 3.63) is 70.4 Å². The molecule has 1 spiro atoms. The Bertz CT molecular complexity index is 1140. The lowest BCUT2D eigenvalue weighted by Crippen LogP contribution is -2.43. The number of hydrogen-bond acceptors (Lipinski definition) is 3. The first kappa shape index (κ1) is 16.1. The predicted molar refractivity (Wildman–Crippen MR) is 102 cm³/mol. The number of halogens is 1. The van der Waals surface area contributed by atoms with Crippen LogP contribution >= 0.6 is 11.6 Å². The molecule has 0 saturated carbocycles. The highest BCUT2D eigenvalue weighted by Gasteiger charge is 2.55. The van der Waals surface area contributed by atoms with Crippen LogP contribution < -0.4 is 10.6 Å². The van der Waals surface area contributed by atoms with Crippen molar-refractivity contribution in [1.29, 1.82) is 0 Å². The molecule has 0 unspecified atom stereocenters. The van der Waals surface area contributed by atoms with E-state index < -0.39 is 5.41 Å². The van der Waals surface area contributed by atoms with E-state index in [2.05, 4.69) is 15.7 Å². The highest BCUT2D eigenvalue weighted by atomic mass is 35.5. The maximum Gasteiger partial charge on any atom is 0.240 e. The van der Waals surface area contributed by atoms with Gasteiger partial charge in [0.25, 0.3) is 0 Å². The summed E-state index contributed by atoms with van der Waals surface area (Å²) in [4.78, 5) is 25.7. The van der Waals surface area contributed by atoms with Crippen LogP contribution in [-0.4, -0.2) is 21.6 Å². The Labute approximate surface area is 160 Å². The molecule has 6 nitrogen and oxygen atoms in total. The molecule has 1 atom stereocenters. The average Bonchev–Trinajstić information content (AvgIpc) is 3.16. The highest BCUT2D eigenvalue weighted by molar-refractivity contribution is 6.33. The lowest BCUT2D eigenvalue weighted by molar-refractivity contribution is -0.125. The Morgan fingerprint density at radius 3 is 2.74 bits per heavy atom. The quantitative estimate of drug-likeness (QED) is 0.681. The van der Waals surface area contributed by atoms with E-state index in [1.165, 1.54) is 0 Å². The third-order valence-electron chi connectivity index (χ3n) is 5.33. The molecule has 27 heavy (non-hydrogen) atoms. The van der Waals surface area contributed by atoms with Crippen molar-refractivity contribution in [3.63, 3.8) is 0 Å². The molecule has 0 bridgehead atoms. The van der Waals surface area contributed by atoms with Crippen LogP contribution in [0.4, 0.5) is 11.5 Å². The SMILES string of the molecule is Cc1ccccc1-n1ncc2c1NC(=O)C[C@]21C(=O)Nc2cccc(Cl)c21. The second-order valence-electron chi connectivity index (χ2n) is 6.85. The first-order valence-electron chi connectivity index (χ1n) is 8.57. The molecule has 2 aromatic carbocycles. The number of fused-ring (bicyclic) bond motifs is 4. The van der Waals surface area contributed by atoms with Crippen molar-refractivity contribution < 1.29 is 9.59 Å². The minimum Gasteiger partial charge on any atom is -0.325 e. The maximum atomic E-state index is 13.1. The van der Waals surface area contributed by atoms with Gasteiger partial charge in [-0.15, -0.1) is 0 Å². The van der Waals surface area contributed by atoms with E-state index in [1.54, 1.807) is 29.1 Å². The zero-order valence-corrected chi connectivity index (χ0v) is 15.2. The fourth-order valence-corrected chi connectivity index (χ4v) is 4.44. The summed E-state index contributed by atoms with van der Waals surface area (Å²) in [6, 6.07) is 13.1. The largest absolute Gasteiger partial charge is 0.325 e. The molecule has 2 aliphatic heterocycles. The number of para-hydroxylation sites is 1. The number of aromatic nitrogens is 2. The predicted octanol–water partition coefficient (Wildman–Crippen LogP) is 3.41. The van der Waals surface area contributed by atoms with Crippen LogP contribution in [-0.2, 0) is 15.0 Å². The average molecular weight is 379 g/mol. The molecule has 2 N–H and O–H groups in total.